The maximum atomic E-state index is 12.4. The minimum absolute atomic E-state index is 0.0951. The second-order valence-corrected chi connectivity index (χ2v) is 6.37. The third-order valence-electron chi connectivity index (χ3n) is 4.41. The summed E-state index contributed by atoms with van der Waals surface area (Å²) in [5.74, 6) is 0.351. The minimum Gasteiger partial charge on any atom is -0.467 e. The average Bonchev–Trinajstić information content (AvgIpc) is 2.59. The molecule has 3 rings (SSSR count). The molecule has 0 spiro atoms. The molecule has 138 valence electrons. The SMILES string of the molecule is O=C(OCC1CCN(CC(F)(F)F)CC1)c1ccc2c(c1)COCO2. The van der Waals surface area contributed by atoms with Gasteiger partial charge in [-0.1, -0.05) is 0 Å². The molecule has 5 nitrogen and oxygen atoms in total. The summed E-state index contributed by atoms with van der Waals surface area (Å²) in [6.07, 6.45) is -2.98. The van der Waals surface area contributed by atoms with E-state index in [4.69, 9.17) is 14.2 Å². The topological polar surface area (TPSA) is 48.0 Å². The van der Waals surface area contributed by atoms with E-state index in [1.165, 1.54) is 4.90 Å². The molecule has 2 aliphatic heterocycles. The van der Waals surface area contributed by atoms with E-state index in [9.17, 15) is 18.0 Å². The number of fused-ring (bicyclic) bond motifs is 1. The van der Waals surface area contributed by atoms with Crippen LogP contribution >= 0.6 is 0 Å². The van der Waals surface area contributed by atoms with Gasteiger partial charge in [0.25, 0.3) is 0 Å². The summed E-state index contributed by atoms with van der Waals surface area (Å²) < 4.78 is 52.9. The van der Waals surface area contributed by atoms with Crippen molar-refractivity contribution in [3.05, 3.63) is 29.3 Å². The van der Waals surface area contributed by atoms with Crippen LogP contribution in [-0.2, 0) is 16.1 Å². The Labute approximate surface area is 143 Å². The Kier molecular flexibility index (Phi) is 5.48. The molecule has 2 aliphatic rings. The van der Waals surface area contributed by atoms with Gasteiger partial charge in [0.1, 0.15) is 5.75 Å². The van der Waals surface area contributed by atoms with Gasteiger partial charge in [0.15, 0.2) is 6.79 Å². The molecular weight excluding hydrogens is 339 g/mol. The summed E-state index contributed by atoms with van der Waals surface area (Å²) in [4.78, 5) is 13.6. The fourth-order valence-corrected chi connectivity index (χ4v) is 3.06. The van der Waals surface area contributed by atoms with E-state index in [1.807, 2.05) is 0 Å². The number of ether oxygens (including phenoxy) is 3. The zero-order valence-electron chi connectivity index (χ0n) is 13.7. The number of carbonyl (C=O) groups excluding carboxylic acids is 1. The van der Waals surface area contributed by atoms with Gasteiger partial charge in [0.05, 0.1) is 25.3 Å². The predicted octanol–water partition coefficient (Wildman–Crippen LogP) is 2.98. The molecule has 0 aliphatic carbocycles. The number of alkyl halides is 3. The number of carbonyl (C=O) groups is 1. The van der Waals surface area contributed by atoms with Crippen molar-refractivity contribution in [1.29, 1.82) is 0 Å². The monoisotopic (exact) mass is 359 g/mol. The molecule has 0 atom stereocenters. The van der Waals surface area contributed by atoms with Gasteiger partial charge in [0, 0.05) is 5.56 Å². The Bertz CT molecular complexity index is 612. The highest BCUT2D eigenvalue weighted by molar-refractivity contribution is 5.89. The number of nitrogens with zero attached hydrogens (tertiary/aromatic N) is 1. The van der Waals surface area contributed by atoms with Crippen LogP contribution in [0.5, 0.6) is 5.75 Å². The van der Waals surface area contributed by atoms with E-state index in [2.05, 4.69) is 0 Å². The normalized spacial score (nSPS) is 19.2. The first kappa shape index (κ1) is 18.0. The summed E-state index contributed by atoms with van der Waals surface area (Å²) in [6, 6.07) is 5.03. The van der Waals surface area contributed by atoms with Gasteiger partial charge in [-0.2, -0.15) is 13.2 Å². The molecule has 8 heteroatoms. The number of halogens is 3. The van der Waals surface area contributed by atoms with Gasteiger partial charge < -0.3 is 14.2 Å². The maximum absolute atomic E-state index is 12.4. The molecule has 0 N–H and O–H groups in total. The highest BCUT2D eigenvalue weighted by Crippen LogP contribution is 2.26. The van der Waals surface area contributed by atoms with Gasteiger partial charge in [-0.25, -0.2) is 4.79 Å². The van der Waals surface area contributed by atoms with Crippen LogP contribution in [-0.4, -0.2) is 50.1 Å². The van der Waals surface area contributed by atoms with Crippen LogP contribution in [0.3, 0.4) is 0 Å². The van der Waals surface area contributed by atoms with Crippen LogP contribution in [0.25, 0.3) is 0 Å². The van der Waals surface area contributed by atoms with Crippen molar-refractivity contribution in [1.82, 2.24) is 4.90 Å². The molecule has 0 saturated carbocycles. The molecule has 1 aromatic rings. The molecule has 0 bridgehead atoms. The van der Waals surface area contributed by atoms with E-state index in [0.29, 0.717) is 43.9 Å². The summed E-state index contributed by atoms with van der Waals surface area (Å²) in [6.45, 7) is 0.671. The van der Waals surface area contributed by atoms with Crippen molar-refractivity contribution in [3.63, 3.8) is 0 Å². The van der Waals surface area contributed by atoms with Crippen molar-refractivity contribution < 1.29 is 32.2 Å². The number of benzene rings is 1. The minimum atomic E-state index is -4.17. The molecule has 1 fully saturated rings. The van der Waals surface area contributed by atoms with Crippen LogP contribution in [0.2, 0.25) is 0 Å². The van der Waals surface area contributed by atoms with Crippen molar-refractivity contribution >= 4 is 5.97 Å². The zero-order valence-corrected chi connectivity index (χ0v) is 13.7. The molecule has 2 heterocycles. The van der Waals surface area contributed by atoms with Crippen LogP contribution in [0, 0.1) is 5.92 Å². The number of hydrogen-bond donors (Lipinski definition) is 0. The molecule has 25 heavy (non-hydrogen) atoms. The van der Waals surface area contributed by atoms with Gasteiger partial charge in [-0.15, -0.1) is 0 Å². The first-order valence-corrected chi connectivity index (χ1v) is 8.20. The lowest BCUT2D eigenvalue weighted by Gasteiger charge is -2.32. The molecule has 0 unspecified atom stereocenters. The fourth-order valence-electron chi connectivity index (χ4n) is 3.06. The summed E-state index contributed by atoms with van der Waals surface area (Å²) in [5.41, 5.74) is 1.21. The smallest absolute Gasteiger partial charge is 0.401 e. The van der Waals surface area contributed by atoms with Gasteiger partial charge in [0.2, 0.25) is 0 Å². The highest BCUT2D eigenvalue weighted by atomic mass is 19.4. The molecule has 1 aromatic carbocycles. The van der Waals surface area contributed by atoms with Gasteiger partial charge in [-0.05, 0) is 50.0 Å². The second kappa shape index (κ2) is 7.61. The Hall–Kier alpha value is -1.80. The maximum Gasteiger partial charge on any atom is 0.401 e. The Morgan fingerprint density at radius 2 is 2.04 bits per heavy atom. The van der Waals surface area contributed by atoms with Gasteiger partial charge in [-0.3, -0.25) is 4.90 Å². The van der Waals surface area contributed by atoms with Crippen molar-refractivity contribution in [3.8, 4) is 5.75 Å². The summed E-state index contributed by atoms with van der Waals surface area (Å²) >= 11 is 0. The number of rotatable bonds is 4. The van der Waals surface area contributed by atoms with Crippen LogP contribution < -0.4 is 4.74 Å². The lowest BCUT2D eigenvalue weighted by Crippen LogP contribution is -2.40. The Morgan fingerprint density at radius 1 is 1.28 bits per heavy atom. The van der Waals surface area contributed by atoms with E-state index >= 15 is 0 Å². The third kappa shape index (κ3) is 5.09. The van der Waals surface area contributed by atoms with Crippen molar-refractivity contribution in [2.24, 2.45) is 5.92 Å². The molecule has 0 radical (unpaired) electrons. The number of likely N-dealkylation sites (tertiary alicyclic amines) is 1. The van der Waals surface area contributed by atoms with Crippen LogP contribution in [0.4, 0.5) is 13.2 Å². The van der Waals surface area contributed by atoms with Crippen LogP contribution in [0.1, 0.15) is 28.8 Å². The Balaban J connectivity index is 1.45. The Morgan fingerprint density at radius 3 is 2.76 bits per heavy atom. The summed E-state index contributed by atoms with van der Waals surface area (Å²) in [7, 11) is 0. The third-order valence-corrected chi connectivity index (χ3v) is 4.41. The fraction of sp³-hybridized carbons (Fsp3) is 0.588. The molecular formula is C17H20F3NO4. The number of esters is 1. The lowest BCUT2D eigenvalue weighted by atomic mass is 9.98. The predicted molar refractivity (Wildman–Crippen MR) is 82.2 cm³/mol. The van der Waals surface area contributed by atoms with E-state index in [0.717, 1.165) is 5.56 Å². The first-order valence-electron chi connectivity index (χ1n) is 8.20. The molecule has 0 aromatic heterocycles. The molecule has 0 amide bonds. The van der Waals surface area contributed by atoms with Gasteiger partial charge >= 0.3 is 12.1 Å². The van der Waals surface area contributed by atoms with E-state index < -0.39 is 18.7 Å². The molecule has 1 saturated heterocycles. The standard InChI is InChI=1S/C17H20F3NO4/c18-17(19,20)10-21-5-3-12(4-6-21)8-24-16(22)13-1-2-15-14(7-13)9-23-11-25-15/h1-2,7,12H,3-6,8-11H2. The highest BCUT2D eigenvalue weighted by Gasteiger charge is 2.32. The van der Waals surface area contributed by atoms with E-state index in [-0.39, 0.29) is 19.3 Å². The van der Waals surface area contributed by atoms with E-state index in [1.54, 1.807) is 18.2 Å². The quantitative estimate of drug-likeness (QED) is 0.774. The van der Waals surface area contributed by atoms with Crippen molar-refractivity contribution in [2.45, 2.75) is 25.6 Å². The number of hydrogen-bond acceptors (Lipinski definition) is 5. The zero-order chi connectivity index (χ0) is 17.9. The second-order valence-electron chi connectivity index (χ2n) is 6.37. The average molecular weight is 359 g/mol. The number of piperidine rings is 1. The van der Waals surface area contributed by atoms with Crippen molar-refractivity contribution in [2.75, 3.05) is 33.0 Å². The summed E-state index contributed by atoms with van der Waals surface area (Å²) in [5, 5.41) is 0. The first-order chi connectivity index (χ1) is 11.9. The van der Waals surface area contributed by atoms with Crippen LogP contribution in [0.15, 0.2) is 18.2 Å². The largest absolute Gasteiger partial charge is 0.467 e. The lowest BCUT2D eigenvalue weighted by molar-refractivity contribution is -0.148.